The Labute approximate surface area is 108 Å². The van der Waals surface area contributed by atoms with Crippen LogP contribution in [0.1, 0.15) is 28.8 Å². The summed E-state index contributed by atoms with van der Waals surface area (Å²) in [7, 11) is 1.65. The van der Waals surface area contributed by atoms with E-state index in [-0.39, 0.29) is 5.91 Å². The van der Waals surface area contributed by atoms with E-state index in [1.165, 1.54) is 18.4 Å². The van der Waals surface area contributed by atoms with Gasteiger partial charge in [0, 0.05) is 31.7 Å². The fourth-order valence-corrected chi connectivity index (χ4v) is 2.24. The molecule has 98 valence electrons. The summed E-state index contributed by atoms with van der Waals surface area (Å²) in [6.45, 7) is 3.01. The lowest BCUT2D eigenvalue weighted by Gasteiger charge is -2.11. The molecule has 0 aromatic heterocycles. The third kappa shape index (κ3) is 3.55. The monoisotopic (exact) mass is 247 g/mol. The second-order valence-electron chi connectivity index (χ2n) is 4.70. The molecule has 0 radical (unpaired) electrons. The molecule has 1 fully saturated rings. The molecule has 1 aromatic rings. The van der Waals surface area contributed by atoms with E-state index in [2.05, 4.69) is 16.0 Å². The summed E-state index contributed by atoms with van der Waals surface area (Å²) in [6.07, 6.45) is 2.55. The van der Waals surface area contributed by atoms with E-state index in [1.54, 1.807) is 7.05 Å². The van der Waals surface area contributed by atoms with Crippen LogP contribution in [0.25, 0.3) is 0 Å². The Morgan fingerprint density at radius 1 is 1.39 bits per heavy atom. The largest absolute Gasteiger partial charge is 0.355 e. The number of rotatable bonds is 5. The van der Waals surface area contributed by atoms with Gasteiger partial charge < -0.3 is 16.0 Å². The molecule has 1 unspecified atom stereocenters. The van der Waals surface area contributed by atoms with Gasteiger partial charge in [-0.3, -0.25) is 4.79 Å². The second kappa shape index (κ2) is 6.52. The van der Waals surface area contributed by atoms with E-state index in [9.17, 15) is 4.79 Å². The van der Waals surface area contributed by atoms with Crippen LogP contribution in [0.5, 0.6) is 0 Å². The number of hydrogen-bond donors (Lipinski definition) is 3. The Morgan fingerprint density at radius 2 is 2.17 bits per heavy atom. The highest BCUT2D eigenvalue weighted by Gasteiger charge is 2.12. The molecule has 1 aliphatic rings. The first-order chi connectivity index (χ1) is 8.79. The van der Waals surface area contributed by atoms with Crippen molar-refractivity contribution in [3.8, 4) is 0 Å². The van der Waals surface area contributed by atoms with Gasteiger partial charge in [-0.05, 0) is 37.1 Å². The number of benzene rings is 1. The normalized spacial score (nSPS) is 18.8. The van der Waals surface area contributed by atoms with E-state index >= 15 is 0 Å². The molecule has 0 bridgehead atoms. The first-order valence-corrected chi connectivity index (χ1v) is 6.54. The molecule has 4 nitrogen and oxygen atoms in total. The van der Waals surface area contributed by atoms with Crippen molar-refractivity contribution >= 4 is 5.91 Å². The first-order valence-electron chi connectivity index (χ1n) is 6.54. The molecule has 3 N–H and O–H groups in total. The fraction of sp³-hybridized carbons (Fsp3) is 0.500. The van der Waals surface area contributed by atoms with E-state index in [4.69, 9.17) is 0 Å². The number of nitrogens with one attached hydrogen (secondary N) is 3. The minimum absolute atomic E-state index is 0.0373. The Balaban J connectivity index is 1.77. The van der Waals surface area contributed by atoms with Crippen LogP contribution in [0.4, 0.5) is 0 Å². The molecule has 0 spiro atoms. The van der Waals surface area contributed by atoms with Crippen molar-refractivity contribution in [3.63, 3.8) is 0 Å². The lowest BCUT2D eigenvalue weighted by atomic mass is 10.1. The van der Waals surface area contributed by atoms with Gasteiger partial charge in [0.25, 0.3) is 5.91 Å². The van der Waals surface area contributed by atoms with E-state index in [0.29, 0.717) is 11.6 Å². The molecule has 1 aromatic carbocycles. The minimum atomic E-state index is -0.0373. The van der Waals surface area contributed by atoms with Crippen LogP contribution in [-0.2, 0) is 6.54 Å². The maximum Gasteiger partial charge on any atom is 0.251 e. The number of carbonyl (C=O) groups is 1. The van der Waals surface area contributed by atoms with E-state index in [0.717, 1.165) is 19.6 Å². The van der Waals surface area contributed by atoms with Crippen molar-refractivity contribution in [2.75, 3.05) is 20.1 Å². The Bertz CT molecular complexity index is 383. The van der Waals surface area contributed by atoms with Crippen molar-refractivity contribution in [3.05, 3.63) is 35.4 Å². The minimum Gasteiger partial charge on any atom is -0.355 e. The highest BCUT2D eigenvalue weighted by molar-refractivity contribution is 5.93. The smallest absolute Gasteiger partial charge is 0.251 e. The molecular weight excluding hydrogens is 226 g/mol. The van der Waals surface area contributed by atoms with Gasteiger partial charge in [-0.15, -0.1) is 0 Å². The zero-order chi connectivity index (χ0) is 12.8. The second-order valence-corrected chi connectivity index (χ2v) is 4.70. The molecule has 0 aliphatic carbocycles. The average molecular weight is 247 g/mol. The maximum absolute atomic E-state index is 11.4. The Hall–Kier alpha value is -1.39. The van der Waals surface area contributed by atoms with Gasteiger partial charge in [0.15, 0.2) is 0 Å². The highest BCUT2D eigenvalue weighted by atomic mass is 16.1. The van der Waals surface area contributed by atoms with Crippen molar-refractivity contribution in [1.29, 1.82) is 0 Å². The summed E-state index contributed by atoms with van der Waals surface area (Å²) in [5.41, 5.74) is 1.92. The molecule has 1 atom stereocenters. The van der Waals surface area contributed by atoms with Crippen LogP contribution in [0.15, 0.2) is 24.3 Å². The van der Waals surface area contributed by atoms with Gasteiger partial charge in [-0.25, -0.2) is 0 Å². The topological polar surface area (TPSA) is 53.2 Å². The molecule has 1 saturated heterocycles. The number of hydrogen-bond acceptors (Lipinski definition) is 3. The van der Waals surface area contributed by atoms with Gasteiger partial charge in [0.2, 0.25) is 0 Å². The standard InChI is InChI=1S/C14H21N3O/c1-15-14(18)12-6-4-11(5-7-12)9-16-10-13-3-2-8-17-13/h4-7,13,16-17H,2-3,8-10H2,1H3,(H,15,18). The van der Waals surface area contributed by atoms with Crippen LogP contribution in [0.2, 0.25) is 0 Å². The molecule has 1 heterocycles. The van der Waals surface area contributed by atoms with Crippen LogP contribution in [0.3, 0.4) is 0 Å². The summed E-state index contributed by atoms with van der Waals surface area (Å²) >= 11 is 0. The number of amides is 1. The van der Waals surface area contributed by atoms with E-state index in [1.807, 2.05) is 24.3 Å². The van der Waals surface area contributed by atoms with Crippen LogP contribution < -0.4 is 16.0 Å². The molecule has 2 rings (SSSR count). The lowest BCUT2D eigenvalue weighted by Crippen LogP contribution is -2.33. The van der Waals surface area contributed by atoms with Gasteiger partial charge in [0.05, 0.1) is 0 Å². The first kappa shape index (κ1) is 13.1. The summed E-state index contributed by atoms with van der Waals surface area (Å²) in [6, 6.07) is 8.35. The van der Waals surface area contributed by atoms with Crippen molar-refractivity contribution in [2.24, 2.45) is 0 Å². The van der Waals surface area contributed by atoms with Gasteiger partial charge >= 0.3 is 0 Å². The highest BCUT2D eigenvalue weighted by Crippen LogP contribution is 2.06. The van der Waals surface area contributed by atoms with Crippen molar-refractivity contribution in [2.45, 2.75) is 25.4 Å². The Kier molecular flexibility index (Phi) is 4.73. The predicted molar refractivity (Wildman–Crippen MR) is 72.6 cm³/mol. The summed E-state index contributed by atoms with van der Waals surface area (Å²) in [4.78, 5) is 11.4. The fourth-order valence-electron chi connectivity index (χ4n) is 2.24. The van der Waals surface area contributed by atoms with Crippen LogP contribution in [0, 0.1) is 0 Å². The van der Waals surface area contributed by atoms with Crippen molar-refractivity contribution in [1.82, 2.24) is 16.0 Å². The van der Waals surface area contributed by atoms with Gasteiger partial charge in [-0.1, -0.05) is 12.1 Å². The molecule has 4 heteroatoms. The quantitative estimate of drug-likeness (QED) is 0.724. The van der Waals surface area contributed by atoms with Gasteiger partial charge in [0.1, 0.15) is 0 Å². The molecule has 1 amide bonds. The lowest BCUT2D eigenvalue weighted by molar-refractivity contribution is 0.0963. The zero-order valence-electron chi connectivity index (χ0n) is 10.8. The SMILES string of the molecule is CNC(=O)c1ccc(CNCC2CCCN2)cc1. The molecule has 18 heavy (non-hydrogen) atoms. The van der Waals surface area contributed by atoms with Gasteiger partial charge in [-0.2, -0.15) is 0 Å². The maximum atomic E-state index is 11.4. The van der Waals surface area contributed by atoms with Crippen LogP contribution >= 0.6 is 0 Å². The summed E-state index contributed by atoms with van der Waals surface area (Å²) in [5, 5.41) is 9.52. The zero-order valence-corrected chi connectivity index (χ0v) is 10.8. The molecule has 1 aliphatic heterocycles. The third-order valence-electron chi connectivity index (χ3n) is 3.33. The summed E-state index contributed by atoms with van der Waals surface area (Å²) < 4.78 is 0. The number of carbonyl (C=O) groups excluding carboxylic acids is 1. The third-order valence-corrected chi connectivity index (χ3v) is 3.33. The summed E-state index contributed by atoms with van der Waals surface area (Å²) in [5.74, 6) is -0.0373. The molecular formula is C14H21N3O. The Morgan fingerprint density at radius 3 is 2.78 bits per heavy atom. The average Bonchev–Trinajstić information content (AvgIpc) is 2.92. The van der Waals surface area contributed by atoms with Crippen molar-refractivity contribution < 1.29 is 4.79 Å². The van der Waals surface area contributed by atoms with Crippen LogP contribution in [-0.4, -0.2) is 32.1 Å². The van der Waals surface area contributed by atoms with E-state index < -0.39 is 0 Å². The predicted octanol–water partition coefficient (Wildman–Crippen LogP) is 0.888. The molecule has 0 saturated carbocycles.